The number of rotatable bonds is 1. The van der Waals surface area contributed by atoms with Crippen LogP contribution in [0.2, 0.25) is 0 Å². The Kier molecular flexibility index (Phi) is 3.29. The predicted molar refractivity (Wildman–Crippen MR) is 62.0 cm³/mol. The highest BCUT2D eigenvalue weighted by Crippen LogP contribution is 2.19. The molecule has 0 aliphatic heterocycles. The van der Waals surface area contributed by atoms with E-state index in [0.717, 1.165) is 19.0 Å². The van der Waals surface area contributed by atoms with E-state index >= 15 is 0 Å². The molecule has 1 rings (SSSR count). The molecule has 0 bridgehead atoms. The molecule has 1 aromatic rings. The Balaban J connectivity index is 3.36. The predicted octanol–water partition coefficient (Wildman–Crippen LogP) is 3.02. The molecule has 0 amide bonds. The van der Waals surface area contributed by atoms with E-state index in [0.29, 0.717) is 0 Å². The second-order valence-corrected chi connectivity index (χ2v) is 4.58. The van der Waals surface area contributed by atoms with Crippen molar-refractivity contribution in [3.8, 4) is 0 Å². The molecule has 0 atom stereocenters. The quantitative estimate of drug-likeness (QED) is 0.548. The van der Waals surface area contributed by atoms with Gasteiger partial charge in [-0.2, -0.15) is 0 Å². The summed E-state index contributed by atoms with van der Waals surface area (Å²) in [5, 5.41) is 0. The average Bonchev–Trinajstić information content (AvgIpc) is 1.85. The van der Waals surface area contributed by atoms with E-state index in [4.69, 9.17) is 0 Å². The first-order valence-corrected chi connectivity index (χ1v) is 5.21. The third-order valence-corrected chi connectivity index (χ3v) is 3.13. The number of hydrogen-bond acceptors (Lipinski definition) is 1. The highest BCUT2D eigenvalue weighted by Gasteiger charge is 2.03. The molecular weight excluding hydrogens is 366 g/mol. The van der Waals surface area contributed by atoms with Crippen molar-refractivity contribution >= 4 is 51.5 Å². The van der Waals surface area contributed by atoms with E-state index in [9.17, 15) is 4.79 Å². The standard InChI is InChI=1S/C8H6I2O/c1-5-2-7(9)6(4-11)8(10)3-5/h2-4H,1H3. The van der Waals surface area contributed by atoms with Crippen LogP contribution in [0, 0.1) is 14.1 Å². The molecule has 0 fully saturated rings. The van der Waals surface area contributed by atoms with Gasteiger partial charge in [0.05, 0.1) is 0 Å². The number of halogens is 2. The lowest BCUT2D eigenvalue weighted by Gasteiger charge is -2.01. The Morgan fingerprint density at radius 3 is 2.09 bits per heavy atom. The second-order valence-electron chi connectivity index (χ2n) is 2.26. The van der Waals surface area contributed by atoms with Crippen molar-refractivity contribution in [1.82, 2.24) is 0 Å². The Morgan fingerprint density at radius 2 is 1.73 bits per heavy atom. The zero-order valence-corrected chi connectivity index (χ0v) is 10.2. The molecule has 0 aliphatic carbocycles. The monoisotopic (exact) mass is 372 g/mol. The molecule has 1 aromatic carbocycles. The minimum absolute atomic E-state index is 0.803. The van der Waals surface area contributed by atoms with Crippen LogP contribution in [0.4, 0.5) is 0 Å². The van der Waals surface area contributed by atoms with E-state index < -0.39 is 0 Å². The highest BCUT2D eigenvalue weighted by molar-refractivity contribution is 14.1. The number of benzene rings is 1. The lowest BCUT2D eigenvalue weighted by atomic mass is 10.2. The first kappa shape index (κ1) is 9.44. The van der Waals surface area contributed by atoms with Crippen LogP contribution in [0.5, 0.6) is 0 Å². The van der Waals surface area contributed by atoms with Crippen molar-refractivity contribution in [2.75, 3.05) is 0 Å². The minimum atomic E-state index is 0.803. The van der Waals surface area contributed by atoms with Crippen molar-refractivity contribution in [2.24, 2.45) is 0 Å². The van der Waals surface area contributed by atoms with Gasteiger partial charge in [-0.15, -0.1) is 0 Å². The molecule has 0 aromatic heterocycles. The molecule has 0 saturated heterocycles. The molecule has 0 N–H and O–H groups in total. The summed E-state index contributed by atoms with van der Waals surface area (Å²) in [4.78, 5) is 10.5. The van der Waals surface area contributed by atoms with E-state index in [1.807, 2.05) is 19.1 Å². The highest BCUT2D eigenvalue weighted by atomic mass is 127. The smallest absolute Gasteiger partial charge is 0.152 e. The number of hydrogen-bond donors (Lipinski definition) is 0. The molecule has 58 valence electrons. The number of carbonyl (C=O) groups is 1. The van der Waals surface area contributed by atoms with Gasteiger partial charge in [-0.25, -0.2) is 0 Å². The van der Waals surface area contributed by atoms with Gasteiger partial charge in [0.1, 0.15) is 0 Å². The van der Waals surface area contributed by atoms with Crippen LogP contribution in [-0.2, 0) is 0 Å². The van der Waals surface area contributed by atoms with Crippen LogP contribution in [0.25, 0.3) is 0 Å². The van der Waals surface area contributed by atoms with Crippen LogP contribution in [0.15, 0.2) is 12.1 Å². The maximum Gasteiger partial charge on any atom is 0.152 e. The van der Waals surface area contributed by atoms with Crippen molar-refractivity contribution < 1.29 is 4.79 Å². The van der Waals surface area contributed by atoms with Gasteiger partial charge < -0.3 is 0 Å². The fourth-order valence-electron chi connectivity index (χ4n) is 0.824. The summed E-state index contributed by atoms with van der Waals surface area (Å²) in [6.45, 7) is 2.03. The van der Waals surface area contributed by atoms with Gasteiger partial charge in [-0.3, -0.25) is 4.79 Å². The zero-order chi connectivity index (χ0) is 8.43. The van der Waals surface area contributed by atoms with E-state index in [1.54, 1.807) is 0 Å². The van der Waals surface area contributed by atoms with Crippen molar-refractivity contribution in [2.45, 2.75) is 6.92 Å². The fraction of sp³-hybridized carbons (Fsp3) is 0.125. The first-order valence-electron chi connectivity index (χ1n) is 3.06. The second kappa shape index (κ2) is 3.84. The van der Waals surface area contributed by atoms with Gasteiger partial charge in [0.15, 0.2) is 6.29 Å². The van der Waals surface area contributed by atoms with Gasteiger partial charge >= 0.3 is 0 Å². The van der Waals surface area contributed by atoms with Crippen molar-refractivity contribution in [3.63, 3.8) is 0 Å². The Labute approximate surface area is 92.8 Å². The minimum Gasteiger partial charge on any atom is -0.298 e. The average molecular weight is 372 g/mol. The summed E-state index contributed by atoms with van der Waals surface area (Å²) >= 11 is 4.35. The fourth-order valence-corrected chi connectivity index (χ4v) is 3.16. The van der Waals surface area contributed by atoms with Gasteiger partial charge in [0.2, 0.25) is 0 Å². The molecule has 0 radical (unpaired) electrons. The van der Waals surface area contributed by atoms with E-state index in [1.165, 1.54) is 5.56 Å². The maximum atomic E-state index is 10.5. The molecule has 0 aliphatic rings. The lowest BCUT2D eigenvalue weighted by Crippen LogP contribution is -1.91. The molecule has 0 spiro atoms. The maximum absolute atomic E-state index is 10.5. The van der Waals surface area contributed by atoms with Crippen LogP contribution in [0.1, 0.15) is 15.9 Å². The van der Waals surface area contributed by atoms with Crippen LogP contribution >= 0.6 is 45.2 Å². The molecular formula is C8H6I2O. The number of carbonyl (C=O) groups excluding carboxylic acids is 1. The molecule has 1 nitrogen and oxygen atoms in total. The normalized spacial score (nSPS) is 9.73. The summed E-state index contributed by atoms with van der Waals surface area (Å²) in [7, 11) is 0. The molecule has 3 heteroatoms. The van der Waals surface area contributed by atoms with E-state index in [-0.39, 0.29) is 0 Å². The van der Waals surface area contributed by atoms with Crippen molar-refractivity contribution in [1.29, 1.82) is 0 Å². The number of aryl methyl sites for hydroxylation is 1. The molecule has 0 unspecified atom stereocenters. The van der Waals surface area contributed by atoms with Gasteiger partial charge in [-0.05, 0) is 69.8 Å². The summed E-state index contributed by atoms with van der Waals surface area (Å²) in [5.41, 5.74) is 2.00. The SMILES string of the molecule is Cc1cc(I)c(C=O)c(I)c1. The van der Waals surface area contributed by atoms with E-state index in [2.05, 4.69) is 45.2 Å². The summed E-state index contributed by atoms with van der Waals surface area (Å²) in [6.07, 6.45) is 0.906. The van der Waals surface area contributed by atoms with Crippen LogP contribution in [-0.4, -0.2) is 6.29 Å². The Hall–Kier alpha value is 0.350. The third-order valence-electron chi connectivity index (χ3n) is 1.34. The summed E-state index contributed by atoms with van der Waals surface area (Å²) in [5.74, 6) is 0. The lowest BCUT2D eigenvalue weighted by molar-refractivity contribution is 0.112. The number of aldehydes is 1. The van der Waals surface area contributed by atoms with Gasteiger partial charge in [0, 0.05) is 12.7 Å². The molecule has 0 heterocycles. The summed E-state index contributed by atoms with van der Waals surface area (Å²) in [6, 6.07) is 4.01. The van der Waals surface area contributed by atoms with Crippen LogP contribution in [0.3, 0.4) is 0 Å². The zero-order valence-electron chi connectivity index (χ0n) is 5.90. The largest absolute Gasteiger partial charge is 0.298 e. The van der Waals surface area contributed by atoms with Gasteiger partial charge in [-0.1, -0.05) is 0 Å². The molecule has 11 heavy (non-hydrogen) atoms. The molecule has 0 saturated carbocycles. The topological polar surface area (TPSA) is 17.1 Å². The third kappa shape index (κ3) is 2.14. The summed E-state index contributed by atoms with van der Waals surface area (Å²) < 4.78 is 2.06. The first-order chi connectivity index (χ1) is 5.15. The Morgan fingerprint density at radius 1 is 1.27 bits per heavy atom. The van der Waals surface area contributed by atoms with Crippen molar-refractivity contribution in [3.05, 3.63) is 30.4 Å². The Bertz CT molecular complexity index is 271. The van der Waals surface area contributed by atoms with Gasteiger partial charge in [0.25, 0.3) is 0 Å². The van der Waals surface area contributed by atoms with Crippen LogP contribution < -0.4 is 0 Å².